The number of carbonyl (C=O) groups is 2. The van der Waals surface area contributed by atoms with E-state index in [1.54, 1.807) is 0 Å². The van der Waals surface area contributed by atoms with Gasteiger partial charge < -0.3 is 4.90 Å². The van der Waals surface area contributed by atoms with E-state index in [1.807, 2.05) is 41.3 Å². The number of anilines is 1. The minimum atomic E-state index is -0.233. The van der Waals surface area contributed by atoms with Crippen LogP contribution in [0.3, 0.4) is 0 Å². The molecule has 0 radical (unpaired) electrons. The maximum atomic E-state index is 13.0. The van der Waals surface area contributed by atoms with Crippen molar-refractivity contribution in [2.24, 2.45) is 5.92 Å². The number of hydrogen-bond donors (Lipinski definition) is 0. The highest BCUT2D eigenvalue weighted by atomic mass is 79.9. The molecule has 3 atom stereocenters. The molecular weight excluding hydrogens is 356 g/mol. The number of amides is 3. The first-order valence-electron chi connectivity index (χ1n) is 8.00. The molecule has 1 aliphatic carbocycles. The zero-order valence-electron chi connectivity index (χ0n) is 12.4. The second-order valence-corrected chi connectivity index (χ2v) is 7.50. The number of imide groups is 1. The van der Waals surface area contributed by atoms with E-state index in [4.69, 9.17) is 0 Å². The molecule has 2 saturated heterocycles. The van der Waals surface area contributed by atoms with Gasteiger partial charge >= 0.3 is 6.03 Å². The monoisotopic (exact) mass is 370 g/mol. The molecule has 0 spiro atoms. The van der Waals surface area contributed by atoms with Crippen LogP contribution in [0.15, 0.2) is 40.9 Å². The lowest BCUT2D eigenvalue weighted by Crippen LogP contribution is -2.40. The molecule has 3 unspecified atom stereocenters. The van der Waals surface area contributed by atoms with Gasteiger partial charge in [-0.25, -0.2) is 9.69 Å². The summed E-state index contributed by atoms with van der Waals surface area (Å²) in [6.45, 7) is 0. The van der Waals surface area contributed by atoms with Gasteiger partial charge in [0.05, 0.1) is 5.69 Å². The fourth-order valence-electron chi connectivity index (χ4n) is 4.59. The van der Waals surface area contributed by atoms with E-state index in [9.17, 15) is 9.59 Å². The van der Waals surface area contributed by atoms with Gasteiger partial charge in [0.25, 0.3) is 5.91 Å². The van der Waals surface area contributed by atoms with Crippen molar-refractivity contribution in [3.8, 4) is 0 Å². The average Bonchev–Trinajstić information content (AvgIpc) is 3.24. The summed E-state index contributed by atoms with van der Waals surface area (Å²) in [5.74, 6) is 0.304. The average molecular weight is 371 g/mol. The van der Waals surface area contributed by atoms with Gasteiger partial charge in [-0.15, -0.1) is 0 Å². The second-order valence-electron chi connectivity index (χ2n) is 6.65. The molecule has 2 bridgehead atoms. The molecule has 4 nitrogen and oxygen atoms in total. The topological polar surface area (TPSA) is 40.6 Å². The van der Waals surface area contributed by atoms with Crippen LogP contribution in [0.5, 0.6) is 0 Å². The maximum Gasteiger partial charge on any atom is 0.332 e. The summed E-state index contributed by atoms with van der Waals surface area (Å²) in [5.41, 5.74) is 0.701. The van der Waals surface area contributed by atoms with E-state index in [0.717, 1.165) is 34.5 Å². The SMILES string of the molecule is O=C1C2C3CCC(C3)N2C(=O)N1c1ccc(Br)c2ccccc12. The quantitative estimate of drug-likeness (QED) is 0.713. The highest BCUT2D eigenvalue weighted by Crippen LogP contribution is 2.48. The summed E-state index contributed by atoms with van der Waals surface area (Å²) in [7, 11) is 0. The molecule has 5 heteroatoms. The molecule has 116 valence electrons. The van der Waals surface area contributed by atoms with Crippen LogP contribution < -0.4 is 4.90 Å². The Balaban J connectivity index is 1.67. The molecule has 23 heavy (non-hydrogen) atoms. The first-order chi connectivity index (χ1) is 11.2. The van der Waals surface area contributed by atoms with Crippen molar-refractivity contribution in [3.05, 3.63) is 40.9 Å². The smallest absolute Gasteiger partial charge is 0.309 e. The maximum absolute atomic E-state index is 13.0. The van der Waals surface area contributed by atoms with Crippen LogP contribution in [0.4, 0.5) is 10.5 Å². The van der Waals surface area contributed by atoms with Crippen molar-refractivity contribution in [2.75, 3.05) is 4.90 Å². The van der Waals surface area contributed by atoms with Crippen LogP contribution in [-0.2, 0) is 4.79 Å². The Morgan fingerprint density at radius 2 is 1.78 bits per heavy atom. The van der Waals surface area contributed by atoms with Crippen LogP contribution in [0, 0.1) is 5.92 Å². The zero-order valence-corrected chi connectivity index (χ0v) is 14.0. The van der Waals surface area contributed by atoms with Crippen LogP contribution in [-0.4, -0.2) is 28.9 Å². The van der Waals surface area contributed by atoms with Crippen LogP contribution in [0.1, 0.15) is 19.3 Å². The fraction of sp³-hybridized carbons (Fsp3) is 0.333. The van der Waals surface area contributed by atoms with Crippen LogP contribution in [0.2, 0.25) is 0 Å². The summed E-state index contributed by atoms with van der Waals surface area (Å²) in [6, 6.07) is 11.5. The first-order valence-corrected chi connectivity index (χ1v) is 8.79. The molecule has 3 aliphatic rings. The van der Waals surface area contributed by atoms with Crippen molar-refractivity contribution in [1.29, 1.82) is 0 Å². The van der Waals surface area contributed by atoms with Crippen molar-refractivity contribution >= 4 is 44.3 Å². The number of fused-ring (bicyclic) bond motifs is 6. The highest BCUT2D eigenvalue weighted by molar-refractivity contribution is 9.10. The molecule has 1 saturated carbocycles. The van der Waals surface area contributed by atoms with Crippen LogP contribution >= 0.6 is 15.9 Å². The highest BCUT2D eigenvalue weighted by Gasteiger charge is 2.59. The van der Waals surface area contributed by atoms with Gasteiger partial charge in [0.15, 0.2) is 0 Å². The summed E-state index contributed by atoms with van der Waals surface area (Å²) in [4.78, 5) is 29.2. The number of piperidine rings is 1. The molecule has 0 aromatic heterocycles. The second kappa shape index (κ2) is 4.57. The van der Waals surface area contributed by atoms with Crippen molar-refractivity contribution in [1.82, 2.24) is 4.90 Å². The summed E-state index contributed by atoms with van der Waals surface area (Å²) in [6.07, 6.45) is 3.10. The number of carbonyl (C=O) groups excluding carboxylic acids is 2. The normalized spacial score (nSPS) is 29.0. The van der Waals surface area contributed by atoms with Gasteiger partial charge in [0.2, 0.25) is 0 Å². The Bertz CT molecular complexity index is 837. The van der Waals surface area contributed by atoms with E-state index in [1.165, 1.54) is 4.90 Å². The van der Waals surface area contributed by atoms with Gasteiger partial charge in [0, 0.05) is 15.9 Å². The van der Waals surface area contributed by atoms with Crippen molar-refractivity contribution in [3.63, 3.8) is 0 Å². The zero-order chi connectivity index (χ0) is 15.7. The number of urea groups is 1. The largest absolute Gasteiger partial charge is 0.332 e. The Labute approximate surface area is 142 Å². The van der Waals surface area contributed by atoms with E-state index in [2.05, 4.69) is 15.9 Å². The van der Waals surface area contributed by atoms with E-state index in [-0.39, 0.29) is 24.0 Å². The standard InChI is InChI=1S/C18H15BrN2O2/c19-14-7-8-15(13-4-2-1-3-12(13)14)21-17(22)16-10-5-6-11(9-10)20(16)18(21)23/h1-4,7-8,10-11,16H,5-6,9H2. The number of rotatable bonds is 1. The van der Waals surface area contributed by atoms with Gasteiger partial charge in [-0.1, -0.05) is 40.2 Å². The molecule has 2 heterocycles. The number of nitrogens with zero attached hydrogens (tertiary/aromatic N) is 2. The lowest BCUT2D eigenvalue weighted by atomic mass is 9.99. The van der Waals surface area contributed by atoms with Gasteiger partial charge in [-0.3, -0.25) is 4.79 Å². The predicted molar refractivity (Wildman–Crippen MR) is 91.3 cm³/mol. The number of hydrogen-bond acceptors (Lipinski definition) is 2. The number of halogens is 1. The Hall–Kier alpha value is -1.88. The molecule has 5 rings (SSSR count). The first kappa shape index (κ1) is 13.5. The molecular formula is C18H15BrN2O2. The third-order valence-electron chi connectivity index (χ3n) is 5.56. The molecule has 2 aromatic carbocycles. The third kappa shape index (κ3) is 1.66. The minimum Gasteiger partial charge on any atom is -0.309 e. The Morgan fingerprint density at radius 1 is 1.00 bits per heavy atom. The lowest BCUT2D eigenvalue weighted by molar-refractivity contribution is -0.120. The molecule has 3 amide bonds. The van der Waals surface area contributed by atoms with Crippen LogP contribution in [0.25, 0.3) is 10.8 Å². The van der Waals surface area contributed by atoms with Gasteiger partial charge in [-0.2, -0.15) is 0 Å². The Morgan fingerprint density at radius 3 is 2.57 bits per heavy atom. The predicted octanol–water partition coefficient (Wildman–Crippen LogP) is 3.92. The summed E-state index contributed by atoms with van der Waals surface area (Å²) in [5, 5.41) is 1.94. The number of benzene rings is 2. The van der Waals surface area contributed by atoms with Gasteiger partial charge in [-0.05, 0) is 42.7 Å². The Kier molecular flexibility index (Phi) is 2.69. The van der Waals surface area contributed by atoms with E-state index >= 15 is 0 Å². The summed E-state index contributed by atoms with van der Waals surface area (Å²) >= 11 is 3.55. The molecule has 2 aromatic rings. The molecule has 2 aliphatic heterocycles. The van der Waals surface area contributed by atoms with Crippen molar-refractivity contribution < 1.29 is 9.59 Å². The minimum absolute atomic E-state index is 0.0466. The molecule has 3 fully saturated rings. The third-order valence-corrected chi connectivity index (χ3v) is 6.25. The van der Waals surface area contributed by atoms with Crippen molar-refractivity contribution in [2.45, 2.75) is 31.3 Å². The van der Waals surface area contributed by atoms with E-state index < -0.39 is 0 Å². The fourth-order valence-corrected chi connectivity index (χ4v) is 5.06. The summed E-state index contributed by atoms with van der Waals surface area (Å²) < 4.78 is 0.969. The lowest BCUT2D eigenvalue weighted by Gasteiger charge is -2.25. The molecule has 0 N–H and O–H groups in total. The van der Waals surface area contributed by atoms with Gasteiger partial charge in [0.1, 0.15) is 6.04 Å². The van der Waals surface area contributed by atoms with E-state index in [0.29, 0.717) is 11.6 Å².